The van der Waals surface area contributed by atoms with Crippen LogP contribution in [0, 0.1) is 0 Å². The van der Waals surface area contributed by atoms with Crippen molar-refractivity contribution < 1.29 is 13.2 Å². The summed E-state index contributed by atoms with van der Waals surface area (Å²) in [5, 5.41) is 1.05. The lowest BCUT2D eigenvalue weighted by molar-refractivity contribution is 0.0678. The molecular weight excluding hydrogens is 429 g/mol. The largest absolute Gasteiger partial charge is 0.471 e. The van der Waals surface area contributed by atoms with E-state index < -0.39 is 15.7 Å². The Morgan fingerprint density at radius 2 is 1.52 bits per heavy atom. The van der Waals surface area contributed by atoms with Gasteiger partial charge in [0.25, 0.3) is 0 Å². The van der Waals surface area contributed by atoms with Gasteiger partial charge >= 0.3 is 0 Å². The second-order valence-corrected chi connectivity index (χ2v) is 9.33. The van der Waals surface area contributed by atoms with Crippen molar-refractivity contribution in [2.45, 2.75) is 30.4 Å². The first kappa shape index (κ1) is 21.7. The standard InChI is InChI=1S/C22H21Cl2NO3S/c1-22(28-21-10-6-5-9-20(21)24,16-15-17-11-13-18(23)14-12-17)25-29(26,27)19-7-3-2-4-8-19/h2-14,25H,15-16H2,1H3. The topological polar surface area (TPSA) is 55.4 Å². The van der Waals surface area contributed by atoms with Gasteiger partial charge in [-0.1, -0.05) is 65.7 Å². The Bertz CT molecular complexity index is 1060. The molecule has 1 N–H and O–H groups in total. The maximum Gasteiger partial charge on any atom is 0.243 e. The molecule has 1 unspecified atom stereocenters. The molecule has 0 bridgehead atoms. The smallest absolute Gasteiger partial charge is 0.243 e. The van der Waals surface area contributed by atoms with Gasteiger partial charge in [0.1, 0.15) is 5.75 Å². The first-order chi connectivity index (χ1) is 13.8. The first-order valence-electron chi connectivity index (χ1n) is 9.04. The Morgan fingerprint density at radius 1 is 0.897 bits per heavy atom. The molecular formula is C22H21Cl2NO3S. The van der Waals surface area contributed by atoms with Gasteiger partial charge in [-0.05, 0) is 55.3 Å². The van der Waals surface area contributed by atoms with Gasteiger partial charge < -0.3 is 4.74 Å². The van der Waals surface area contributed by atoms with E-state index in [0.717, 1.165) is 5.56 Å². The van der Waals surface area contributed by atoms with Crippen LogP contribution in [0.25, 0.3) is 0 Å². The van der Waals surface area contributed by atoms with E-state index in [-0.39, 0.29) is 4.90 Å². The Labute approximate surface area is 181 Å². The van der Waals surface area contributed by atoms with Crippen molar-refractivity contribution in [2.75, 3.05) is 0 Å². The van der Waals surface area contributed by atoms with Gasteiger partial charge in [-0.25, -0.2) is 8.42 Å². The zero-order valence-electron chi connectivity index (χ0n) is 15.8. The number of rotatable bonds is 8. The molecule has 152 valence electrons. The molecule has 7 heteroatoms. The lowest BCUT2D eigenvalue weighted by Gasteiger charge is -2.32. The molecule has 0 aromatic heterocycles. The number of hydrogen-bond donors (Lipinski definition) is 1. The monoisotopic (exact) mass is 449 g/mol. The summed E-state index contributed by atoms with van der Waals surface area (Å²) in [5.74, 6) is 0.406. The fraction of sp³-hybridized carbons (Fsp3) is 0.182. The van der Waals surface area contributed by atoms with Crippen molar-refractivity contribution in [3.63, 3.8) is 0 Å². The van der Waals surface area contributed by atoms with Gasteiger partial charge in [-0.3, -0.25) is 0 Å². The summed E-state index contributed by atoms with van der Waals surface area (Å²) in [6.45, 7) is 1.70. The lowest BCUT2D eigenvalue weighted by Crippen LogP contribution is -2.50. The molecule has 4 nitrogen and oxygen atoms in total. The summed E-state index contributed by atoms with van der Waals surface area (Å²) in [7, 11) is -3.80. The predicted octanol–water partition coefficient (Wildman–Crippen LogP) is 5.70. The average Bonchev–Trinajstić information content (AvgIpc) is 2.70. The van der Waals surface area contributed by atoms with Crippen LogP contribution in [0.4, 0.5) is 0 Å². The molecule has 0 radical (unpaired) electrons. The Kier molecular flexibility index (Phi) is 6.85. The van der Waals surface area contributed by atoms with Crippen molar-refractivity contribution in [3.8, 4) is 5.75 Å². The van der Waals surface area contributed by atoms with Crippen LogP contribution in [0.3, 0.4) is 0 Å². The summed E-state index contributed by atoms with van der Waals surface area (Å²) >= 11 is 12.2. The van der Waals surface area contributed by atoms with Gasteiger partial charge in [0, 0.05) is 11.4 Å². The van der Waals surface area contributed by atoms with Gasteiger partial charge in [0.15, 0.2) is 5.72 Å². The van der Waals surface area contributed by atoms with E-state index in [1.165, 1.54) is 12.1 Å². The summed E-state index contributed by atoms with van der Waals surface area (Å²) in [6.07, 6.45) is 0.960. The third kappa shape index (κ3) is 5.97. The second kappa shape index (κ2) is 9.18. The summed E-state index contributed by atoms with van der Waals surface area (Å²) in [4.78, 5) is 0.167. The summed E-state index contributed by atoms with van der Waals surface area (Å²) in [6, 6.07) is 22.6. The van der Waals surface area contributed by atoms with Crippen LogP contribution < -0.4 is 9.46 Å². The fourth-order valence-corrected chi connectivity index (χ4v) is 4.52. The van der Waals surface area contributed by atoms with E-state index in [2.05, 4.69) is 4.72 Å². The molecule has 0 aliphatic rings. The molecule has 0 aliphatic carbocycles. The van der Waals surface area contributed by atoms with Crippen molar-refractivity contribution in [1.29, 1.82) is 0 Å². The summed E-state index contributed by atoms with van der Waals surface area (Å²) < 4.78 is 34.7. The molecule has 3 aromatic carbocycles. The van der Waals surface area contributed by atoms with Gasteiger partial charge in [0.2, 0.25) is 10.0 Å². The predicted molar refractivity (Wildman–Crippen MR) is 117 cm³/mol. The molecule has 0 saturated heterocycles. The van der Waals surface area contributed by atoms with Crippen LogP contribution in [0.15, 0.2) is 83.8 Å². The molecule has 3 rings (SSSR count). The number of nitrogens with one attached hydrogen (secondary N) is 1. The number of para-hydroxylation sites is 1. The van der Waals surface area contributed by atoms with Gasteiger partial charge in [0.05, 0.1) is 9.92 Å². The van der Waals surface area contributed by atoms with E-state index in [1.807, 2.05) is 12.1 Å². The van der Waals surface area contributed by atoms with Crippen LogP contribution in [-0.4, -0.2) is 14.1 Å². The van der Waals surface area contributed by atoms with Gasteiger partial charge in [-0.2, -0.15) is 4.72 Å². The third-order valence-corrected chi connectivity index (χ3v) is 6.54. The highest BCUT2D eigenvalue weighted by Crippen LogP contribution is 2.29. The zero-order chi connectivity index (χ0) is 20.9. The SMILES string of the molecule is CC(CCc1ccc(Cl)cc1)(NS(=O)(=O)c1ccccc1)Oc1ccccc1Cl. The number of sulfonamides is 1. The minimum Gasteiger partial charge on any atom is -0.471 e. The van der Waals surface area contributed by atoms with E-state index in [4.69, 9.17) is 27.9 Å². The van der Waals surface area contributed by atoms with Crippen molar-refractivity contribution in [2.24, 2.45) is 0 Å². The van der Waals surface area contributed by atoms with E-state index in [0.29, 0.717) is 28.6 Å². The molecule has 3 aromatic rings. The van der Waals surface area contributed by atoms with E-state index >= 15 is 0 Å². The first-order valence-corrected chi connectivity index (χ1v) is 11.3. The number of ether oxygens (including phenoxy) is 1. The number of aryl methyl sites for hydroxylation is 1. The summed E-state index contributed by atoms with van der Waals surface area (Å²) in [5.41, 5.74) is -0.207. The Hall–Kier alpha value is -2.05. The van der Waals surface area contributed by atoms with E-state index in [1.54, 1.807) is 61.5 Å². The van der Waals surface area contributed by atoms with Crippen LogP contribution in [0.2, 0.25) is 10.0 Å². The highest BCUT2D eigenvalue weighted by atomic mass is 35.5. The molecule has 0 heterocycles. The van der Waals surface area contributed by atoms with Gasteiger partial charge in [-0.15, -0.1) is 0 Å². The second-order valence-electron chi connectivity index (χ2n) is 6.81. The van der Waals surface area contributed by atoms with Crippen LogP contribution in [0.1, 0.15) is 18.9 Å². The van der Waals surface area contributed by atoms with Crippen LogP contribution in [0.5, 0.6) is 5.75 Å². The van der Waals surface area contributed by atoms with Crippen LogP contribution in [-0.2, 0) is 16.4 Å². The molecule has 0 spiro atoms. The maximum absolute atomic E-state index is 12.9. The minimum absolute atomic E-state index is 0.167. The number of hydrogen-bond acceptors (Lipinski definition) is 3. The molecule has 1 atom stereocenters. The Balaban J connectivity index is 1.87. The maximum atomic E-state index is 12.9. The normalized spacial score (nSPS) is 13.6. The zero-order valence-corrected chi connectivity index (χ0v) is 18.1. The van der Waals surface area contributed by atoms with E-state index in [9.17, 15) is 8.42 Å². The third-order valence-electron chi connectivity index (χ3n) is 4.38. The van der Waals surface area contributed by atoms with Crippen molar-refractivity contribution in [1.82, 2.24) is 4.72 Å². The number of benzene rings is 3. The number of halogens is 2. The highest BCUT2D eigenvalue weighted by Gasteiger charge is 2.33. The minimum atomic E-state index is -3.80. The highest BCUT2D eigenvalue weighted by molar-refractivity contribution is 7.89. The lowest BCUT2D eigenvalue weighted by atomic mass is 10.0. The fourth-order valence-electron chi connectivity index (χ4n) is 2.87. The molecule has 29 heavy (non-hydrogen) atoms. The van der Waals surface area contributed by atoms with Crippen molar-refractivity contribution in [3.05, 3.63) is 94.5 Å². The average molecular weight is 450 g/mol. The Morgan fingerprint density at radius 3 is 2.17 bits per heavy atom. The molecule has 0 saturated carbocycles. The molecule has 0 amide bonds. The molecule has 0 aliphatic heterocycles. The molecule has 0 fully saturated rings. The quantitative estimate of drug-likeness (QED) is 0.448. The van der Waals surface area contributed by atoms with Crippen molar-refractivity contribution >= 4 is 33.2 Å². The van der Waals surface area contributed by atoms with Crippen LogP contribution >= 0.6 is 23.2 Å².